The van der Waals surface area contributed by atoms with E-state index < -0.39 is 0 Å². The molecule has 0 aliphatic carbocycles. The van der Waals surface area contributed by atoms with E-state index in [1.54, 1.807) is 14.2 Å². The summed E-state index contributed by atoms with van der Waals surface area (Å²) < 4.78 is 10.8. The Morgan fingerprint density at radius 1 is 1.04 bits per heavy atom. The van der Waals surface area contributed by atoms with Crippen LogP contribution in [0.2, 0.25) is 0 Å². The summed E-state index contributed by atoms with van der Waals surface area (Å²) in [6, 6.07) is 11.4. The van der Waals surface area contributed by atoms with E-state index in [0.29, 0.717) is 11.5 Å². The average Bonchev–Trinajstić information content (AvgIpc) is 3.25. The summed E-state index contributed by atoms with van der Waals surface area (Å²) in [5.41, 5.74) is 3.98. The van der Waals surface area contributed by atoms with E-state index in [9.17, 15) is 4.79 Å². The zero-order valence-electron chi connectivity index (χ0n) is 13.6. The lowest BCUT2D eigenvalue weighted by Gasteiger charge is -2.10. The molecule has 4 rings (SSSR count). The highest BCUT2D eigenvalue weighted by Crippen LogP contribution is 2.40. The monoisotopic (exact) mass is 353 g/mol. The molecule has 0 aliphatic heterocycles. The van der Waals surface area contributed by atoms with Crippen molar-refractivity contribution >= 4 is 22.4 Å². The molecule has 0 atom stereocenters. The van der Waals surface area contributed by atoms with Gasteiger partial charge in [0.2, 0.25) is 0 Å². The molecule has 25 heavy (non-hydrogen) atoms. The van der Waals surface area contributed by atoms with Gasteiger partial charge < -0.3 is 19.4 Å². The number of fused-ring (bicyclic) bond motifs is 1. The van der Waals surface area contributed by atoms with Crippen molar-refractivity contribution in [1.82, 2.24) is 15.0 Å². The number of methoxy groups -OCH3 is 2. The topological polar surface area (TPSA) is 80.0 Å². The van der Waals surface area contributed by atoms with E-state index in [4.69, 9.17) is 14.5 Å². The molecule has 0 amide bonds. The first-order valence-electron chi connectivity index (χ1n) is 7.59. The van der Waals surface area contributed by atoms with Gasteiger partial charge in [-0.05, 0) is 24.3 Å². The van der Waals surface area contributed by atoms with Crippen molar-refractivity contribution in [2.75, 3.05) is 14.2 Å². The lowest BCUT2D eigenvalue weighted by Crippen LogP contribution is -1.99. The first kappa shape index (κ1) is 15.5. The Balaban J connectivity index is 1.78. The zero-order chi connectivity index (χ0) is 17.4. The van der Waals surface area contributed by atoms with Gasteiger partial charge in [0.25, 0.3) is 0 Å². The maximum absolute atomic E-state index is 11.4. The summed E-state index contributed by atoms with van der Waals surface area (Å²) in [5, 5.41) is 2.83. The molecule has 0 unspecified atom stereocenters. The quantitative estimate of drug-likeness (QED) is 0.587. The Kier molecular flexibility index (Phi) is 3.77. The van der Waals surface area contributed by atoms with E-state index in [1.807, 2.05) is 41.8 Å². The summed E-state index contributed by atoms with van der Waals surface area (Å²) in [7, 11) is 3.23. The van der Waals surface area contributed by atoms with Gasteiger partial charge in [-0.15, -0.1) is 11.3 Å². The number of hydrogen-bond acceptors (Lipinski definition) is 5. The molecule has 2 aromatic heterocycles. The van der Waals surface area contributed by atoms with Crippen LogP contribution in [0.5, 0.6) is 11.5 Å². The van der Waals surface area contributed by atoms with Gasteiger partial charge in [-0.1, -0.05) is 12.1 Å². The van der Waals surface area contributed by atoms with Gasteiger partial charge in [0.05, 0.1) is 36.5 Å². The van der Waals surface area contributed by atoms with Gasteiger partial charge in [0.1, 0.15) is 5.01 Å². The third-order valence-corrected chi connectivity index (χ3v) is 4.82. The molecule has 2 N–H and O–H groups in total. The normalized spacial score (nSPS) is 11.0. The SMILES string of the molecule is COc1cccc(-c2nc(-c3ccc4[nH]c(=O)[nH]c4c3)cs2)c1OC. The Labute approximate surface area is 147 Å². The number of rotatable bonds is 4. The number of H-pyrrole nitrogens is 2. The summed E-state index contributed by atoms with van der Waals surface area (Å²) in [6.45, 7) is 0. The third kappa shape index (κ3) is 2.68. The molecule has 0 aliphatic rings. The Bertz CT molecular complexity index is 1110. The molecule has 126 valence electrons. The molecular formula is C18H15N3O3S. The summed E-state index contributed by atoms with van der Waals surface area (Å²) >= 11 is 1.53. The van der Waals surface area contributed by atoms with Crippen LogP contribution in [0.4, 0.5) is 0 Å². The highest BCUT2D eigenvalue weighted by atomic mass is 32.1. The van der Waals surface area contributed by atoms with Crippen LogP contribution < -0.4 is 15.2 Å². The van der Waals surface area contributed by atoms with E-state index >= 15 is 0 Å². The Morgan fingerprint density at radius 3 is 2.68 bits per heavy atom. The number of nitrogens with one attached hydrogen (secondary N) is 2. The van der Waals surface area contributed by atoms with Gasteiger partial charge in [0, 0.05) is 10.9 Å². The maximum atomic E-state index is 11.4. The molecule has 2 heterocycles. The molecule has 4 aromatic rings. The molecule has 0 radical (unpaired) electrons. The van der Waals surface area contributed by atoms with Crippen molar-refractivity contribution in [1.29, 1.82) is 0 Å². The predicted molar refractivity (Wildman–Crippen MR) is 98.6 cm³/mol. The molecule has 7 heteroatoms. The molecule has 0 spiro atoms. The summed E-state index contributed by atoms with van der Waals surface area (Å²) in [6.07, 6.45) is 0. The molecule has 2 aromatic carbocycles. The van der Waals surface area contributed by atoms with Gasteiger partial charge in [0.15, 0.2) is 11.5 Å². The van der Waals surface area contributed by atoms with Crippen molar-refractivity contribution < 1.29 is 9.47 Å². The fraction of sp³-hybridized carbons (Fsp3) is 0.111. The second-order valence-corrected chi connectivity index (χ2v) is 6.28. The molecule has 6 nitrogen and oxygen atoms in total. The maximum Gasteiger partial charge on any atom is 0.323 e. The van der Waals surface area contributed by atoms with Crippen molar-refractivity contribution in [3.63, 3.8) is 0 Å². The number of aromatic nitrogens is 3. The number of imidazole rings is 1. The minimum absolute atomic E-state index is 0.216. The van der Waals surface area contributed by atoms with E-state index in [-0.39, 0.29) is 5.69 Å². The molecular weight excluding hydrogens is 338 g/mol. The smallest absolute Gasteiger partial charge is 0.323 e. The van der Waals surface area contributed by atoms with E-state index in [2.05, 4.69) is 9.97 Å². The summed E-state index contributed by atoms with van der Waals surface area (Å²) in [5.74, 6) is 1.33. The molecule has 0 bridgehead atoms. The number of ether oxygens (including phenoxy) is 2. The Morgan fingerprint density at radius 2 is 1.88 bits per heavy atom. The number of aromatic amines is 2. The number of hydrogen-bond donors (Lipinski definition) is 2. The highest BCUT2D eigenvalue weighted by molar-refractivity contribution is 7.13. The second-order valence-electron chi connectivity index (χ2n) is 5.42. The van der Waals surface area contributed by atoms with Gasteiger partial charge >= 0.3 is 5.69 Å². The second kappa shape index (κ2) is 6.10. The van der Waals surface area contributed by atoms with Gasteiger partial charge in [-0.2, -0.15) is 0 Å². The van der Waals surface area contributed by atoms with Crippen LogP contribution in [0, 0.1) is 0 Å². The van der Waals surface area contributed by atoms with Crippen LogP contribution >= 0.6 is 11.3 Å². The lowest BCUT2D eigenvalue weighted by atomic mass is 10.1. The van der Waals surface area contributed by atoms with Crippen LogP contribution in [0.15, 0.2) is 46.6 Å². The predicted octanol–water partition coefficient (Wildman–Crippen LogP) is 3.66. The Hall–Kier alpha value is -3.06. The minimum Gasteiger partial charge on any atom is -0.493 e. The van der Waals surface area contributed by atoms with Crippen LogP contribution in [0.1, 0.15) is 0 Å². The van der Waals surface area contributed by atoms with Crippen molar-refractivity contribution in [3.8, 4) is 33.3 Å². The van der Waals surface area contributed by atoms with E-state index in [0.717, 1.165) is 32.9 Å². The largest absolute Gasteiger partial charge is 0.493 e. The average molecular weight is 353 g/mol. The van der Waals surface area contributed by atoms with Crippen molar-refractivity contribution in [2.24, 2.45) is 0 Å². The standard InChI is InChI=1S/C18H15N3O3S/c1-23-15-5-3-4-11(16(15)24-2)17-19-14(9-25-17)10-6-7-12-13(8-10)21-18(22)20-12/h3-9H,1-2H3,(H2,20,21,22). The summed E-state index contributed by atoms with van der Waals surface area (Å²) in [4.78, 5) is 21.6. The van der Waals surface area contributed by atoms with E-state index in [1.165, 1.54) is 11.3 Å². The molecule has 0 fully saturated rings. The highest BCUT2D eigenvalue weighted by Gasteiger charge is 2.15. The first-order valence-corrected chi connectivity index (χ1v) is 8.47. The number of nitrogens with zero attached hydrogens (tertiary/aromatic N) is 1. The fourth-order valence-electron chi connectivity index (χ4n) is 2.78. The van der Waals surface area contributed by atoms with Gasteiger partial charge in [-0.3, -0.25) is 0 Å². The lowest BCUT2D eigenvalue weighted by molar-refractivity contribution is 0.356. The number of para-hydroxylation sites is 1. The minimum atomic E-state index is -0.216. The van der Waals surface area contributed by atoms with Crippen LogP contribution in [-0.2, 0) is 0 Å². The molecule has 0 saturated carbocycles. The van der Waals surface area contributed by atoms with Crippen LogP contribution in [-0.4, -0.2) is 29.2 Å². The fourth-order valence-corrected chi connectivity index (χ4v) is 3.63. The number of benzene rings is 2. The zero-order valence-corrected chi connectivity index (χ0v) is 14.4. The first-order chi connectivity index (χ1) is 12.2. The van der Waals surface area contributed by atoms with Gasteiger partial charge in [-0.25, -0.2) is 9.78 Å². The van der Waals surface area contributed by atoms with Crippen LogP contribution in [0.3, 0.4) is 0 Å². The third-order valence-electron chi connectivity index (χ3n) is 3.95. The van der Waals surface area contributed by atoms with Crippen molar-refractivity contribution in [3.05, 3.63) is 52.3 Å². The van der Waals surface area contributed by atoms with Crippen LogP contribution in [0.25, 0.3) is 32.9 Å². The van der Waals surface area contributed by atoms with Crippen molar-refractivity contribution in [2.45, 2.75) is 0 Å². The number of thiazole rings is 1. The molecule has 0 saturated heterocycles.